The van der Waals surface area contributed by atoms with Crippen LogP contribution in [0.4, 0.5) is 0 Å². The molecule has 0 saturated heterocycles. The fourth-order valence-corrected chi connectivity index (χ4v) is 4.55. The number of H-pyrrole nitrogens is 1. The quantitative estimate of drug-likeness (QED) is 0.660. The van der Waals surface area contributed by atoms with E-state index in [2.05, 4.69) is 16.9 Å². The largest absolute Gasteiger partial charge is 0.482 e. The zero-order valence-electron chi connectivity index (χ0n) is 15.0. The van der Waals surface area contributed by atoms with E-state index < -0.39 is 5.97 Å². The van der Waals surface area contributed by atoms with Gasteiger partial charge in [-0.1, -0.05) is 19.1 Å². The molecule has 1 aliphatic rings. The van der Waals surface area contributed by atoms with Crippen LogP contribution in [0.5, 0.6) is 5.75 Å². The van der Waals surface area contributed by atoms with Crippen LogP contribution >= 0.6 is 11.3 Å². The van der Waals surface area contributed by atoms with Crippen LogP contribution in [0, 0.1) is 0 Å². The highest BCUT2D eigenvalue weighted by atomic mass is 32.1. The third-order valence-corrected chi connectivity index (χ3v) is 5.87. The molecule has 1 N–H and O–H groups in total. The van der Waals surface area contributed by atoms with Crippen LogP contribution in [0.25, 0.3) is 10.2 Å². The van der Waals surface area contributed by atoms with Crippen LogP contribution in [0.2, 0.25) is 0 Å². The summed E-state index contributed by atoms with van der Waals surface area (Å²) >= 11 is 1.56. The third-order valence-electron chi connectivity index (χ3n) is 4.68. The number of fused-ring (bicyclic) bond motifs is 3. The van der Waals surface area contributed by atoms with Crippen molar-refractivity contribution >= 4 is 27.5 Å². The van der Waals surface area contributed by atoms with Crippen molar-refractivity contribution in [1.29, 1.82) is 0 Å². The Balaban J connectivity index is 1.36. The molecule has 2 aromatic heterocycles. The zero-order chi connectivity index (χ0) is 18.8. The summed E-state index contributed by atoms with van der Waals surface area (Å²) in [6.45, 7) is 1.81. The van der Waals surface area contributed by atoms with Crippen molar-refractivity contribution in [3.05, 3.63) is 56.4 Å². The summed E-state index contributed by atoms with van der Waals surface area (Å²) in [6.07, 6.45) is 3.99. The van der Waals surface area contributed by atoms with Crippen LogP contribution in [0.15, 0.2) is 29.1 Å². The minimum Gasteiger partial charge on any atom is -0.482 e. The van der Waals surface area contributed by atoms with Crippen molar-refractivity contribution < 1.29 is 14.3 Å². The van der Waals surface area contributed by atoms with Crippen LogP contribution in [0.1, 0.15) is 35.2 Å². The minimum atomic E-state index is -0.508. The van der Waals surface area contributed by atoms with Crippen molar-refractivity contribution in [3.63, 3.8) is 0 Å². The molecule has 7 heteroatoms. The number of thiophene rings is 1. The van der Waals surface area contributed by atoms with E-state index in [0.29, 0.717) is 17.0 Å². The summed E-state index contributed by atoms with van der Waals surface area (Å²) in [4.78, 5) is 33.4. The van der Waals surface area contributed by atoms with Gasteiger partial charge >= 0.3 is 5.97 Å². The molecule has 4 rings (SSSR count). The lowest BCUT2D eigenvalue weighted by molar-refractivity contribution is -0.147. The molecule has 27 heavy (non-hydrogen) atoms. The van der Waals surface area contributed by atoms with Crippen LogP contribution in [-0.4, -0.2) is 22.5 Å². The molecule has 1 aliphatic carbocycles. The molecular weight excluding hydrogens is 364 g/mol. The zero-order valence-corrected chi connectivity index (χ0v) is 15.9. The van der Waals surface area contributed by atoms with Gasteiger partial charge in [0, 0.05) is 4.88 Å². The molecule has 6 nitrogen and oxygen atoms in total. The minimum absolute atomic E-state index is 0.0787. The van der Waals surface area contributed by atoms with Crippen LogP contribution < -0.4 is 10.3 Å². The van der Waals surface area contributed by atoms with Gasteiger partial charge in [0.15, 0.2) is 6.61 Å². The number of benzene rings is 1. The molecule has 0 bridgehead atoms. The van der Waals surface area contributed by atoms with Gasteiger partial charge < -0.3 is 14.5 Å². The molecule has 3 aromatic rings. The third kappa shape index (κ3) is 3.73. The van der Waals surface area contributed by atoms with E-state index in [9.17, 15) is 9.59 Å². The van der Waals surface area contributed by atoms with Crippen molar-refractivity contribution in [3.8, 4) is 5.75 Å². The Bertz CT molecular complexity index is 1040. The second-order valence-corrected chi connectivity index (χ2v) is 7.58. The SMILES string of the molecule is CCc1ccc(OCC(=O)OCc2nc3sc4c(c3c(=O)[nH]2)CCC4)cc1. The highest BCUT2D eigenvalue weighted by Crippen LogP contribution is 2.34. The summed E-state index contributed by atoms with van der Waals surface area (Å²) in [5, 5.41) is 0.696. The molecule has 0 saturated carbocycles. The average Bonchev–Trinajstić information content (AvgIpc) is 3.25. The Kier molecular flexibility index (Phi) is 4.94. The fraction of sp³-hybridized carbons (Fsp3) is 0.350. The number of hydrogen-bond acceptors (Lipinski definition) is 6. The summed E-state index contributed by atoms with van der Waals surface area (Å²) in [5.74, 6) is 0.462. The molecule has 0 radical (unpaired) electrons. The molecule has 1 aromatic carbocycles. The maximum absolute atomic E-state index is 12.4. The van der Waals surface area contributed by atoms with E-state index in [1.807, 2.05) is 24.3 Å². The Morgan fingerprint density at radius 3 is 2.85 bits per heavy atom. The Labute approximate surface area is 160 Å². The number of nitrogens with zero attached hydrogens (tertiary/aromatic N) is 1. The van der Waals surface area contributed by atoms with Crippen molar-refractivity contribution in [1.82, 2.24) is 9.97 Å². The number of nitrogens with one attached hydrogen (secondary N) is 1. The maximum Gasteiger partial charge on any atom is 0.344 e. The summed E-state index contributed by atoms with van der Waals surface area (Å²) in [7, 11) is 0. The first-order valence-electron chi connectivity index (χ1n) is 9.05. The normalized spacial score (nSPS) is 12.9. The van der Waals surface area contributed by atoms with Gasteiger partial charge in [0.1, 0.15) is 23.0 Å². The van der Waals surface area contributed by atoms with Gasteiger partial charge in [0.2, 0.25) is 0 Å². The summed E-state index contributed by atoms with van der Waals surface area (Å²) in [5.41, 5.74) is 2.18. The molecule has 140 valence electrons. The van der Waals surface area contributed by atoms with E-state index in [4.69, 9.17) is 9.47 Å². The number of rotatable bonds is 6. The van der Waals surface area contributed by atoms with Crippen molar-refractivity contribution in [2.75, 3.05) is 6.61 Å². The second kappa shape index (κ2) is 7.52. The molecule has 0 atom stereocenters. The van der Waals surface area contributed by atoms with Gasteiger partial charge in [-0.3, -0.25) is 4.79 Å². The van der Waals surface area contributed by atoms with Gasteiger partial charge in [-0.2, -0.15) is 0 Å². The average molecular weight is 384 g/mol. The number of aromatic amines is 1. The first-order chi connectivity index (χ1) is 13.1. The molecule has 0 spiro atoms. The van der Waals surface area contributed by atoms with E-state index in [1.54, 1.807) is 11.3 Å². The summed E-state index contributed by atoms with van der Waals surface area (Å²) in [6, 6.07) is 7.58. The van der Waals surface area contributed by atoms with E-state index in [-0.39, 0.29) is 18.8 Å². The number of ether oxygens (including phenoxy) is 2. The van der Waals surface area contributed by atoms with Crippen molar-refractivity contribution in [2.24, 2.45) is 0 Å². The monoisotopic (exact) mass is 384 g/mol. The van der Waals surface area contributed by atoms with Gasteiger partial charge in [0.25, 0.3) is 5.56 Å². The van der Waals surface area contributed by atoms with Gasteiger partial charge in [-0.15, -0.1) is 11.3 Å². The Hall–Kier alpha value is -2.67. The molecule has 0 unspecified atom stereocenters. The number of esters is 1. The molecule has 0 aliphatic heterocycles. The number of hydrogen-bond donors (Lipinski definition) is 1. The predicted octanol–water partition coefficient (Wildman–Crippen LogP) is 3.16. The lowest BCUT2D eigenvalue weighted by Crippen LogP contribution is -2.18. The number of aryl methyl sites for hydroxylation is 3. The predicted molar refractivity (Wildman–Crippen MR) is 103 cm³/mol. The summed E-state index contributed by atoms with van der Waals surface area (Å²) < 4.78 is 10.6. The van der Waals surface area contributed by atoms with E-state index in [0.717, 1.165) is 36.1 Å². The lowest BCUT2D eigenvalue weighted by Gasteiger charge is -2.07. The highest BCUT2D eigenvalue weighted by molar-refractivity contribution is 7.18. The topological polar surface area (TPSA) is 81.3 Å². The molecular formula is C20H20N2O4S. The first kappa shape index (κ1) is 17.7. The van der Waals surface area contributed by atoms with E-state index in [1.165, 1.54) is 10.4 Å². The first-order valence-corrected chi connectivity index (χ1v) is 9.86. The number of aromatic nitrogens is 2. The Morgan fingerprint density at radius 2 is 2.07 bits per heavy atom. The van der Waals surface area contributed by atoms with E-state index >= 15 is 0 Å². The van der Waals surface area contributed by atoms with Gasteiger partial charge in [0.05, 0.1) is 5.39 Å². The van der Waals surface area contributed by atoms with Gasteiger partial charge in [-0.25, -0.2) is 9.78 Å². The molecule has 0 fully saturated rings. The van der Waals surface area contributed by atoms with Crippen molar-refractivity contribution in [2.45, 2.75) is 39.2 Å². The lowest BCUT2D eigenvalue weighted by atomic mass is 10.2. The van der Waals surface area contributed by atoms with Gasteiger partial charge in [-0.05, 0) is 48.9 Å². The fourth-order valence-electron chi connectivity index (χ4n) is 3.27. The number of carbonyl (C=O) groups is 1. The van der Waals surface area contributed by atoms with Crippen LogP contribution in [-0.2, 0) is 35.4 Å². The molecule has 2 heterocycles. The number of carbonyl (C=O) groups excluding carboxylic acids is 1. The maximum atomic E-state index is 12.4. The standard InChI is InChI=1S/C20H20N2O4S/c1-2-12-6-8-13(9-7-12)25-11-17(23)26-10-16-21-19(24)18-14-4-3-5-15(14)27-20(18)22-16/h6-9H,2-5,10-11H2,1H3,(H,21,22,24). The highest BCUT2D eigenvalue weighted by Gasteiger charge is 2.21. The Morgan fingerprint density at radius 1 is 1.26 bits per heavy atom. The second-order valence-electron chi connectivity index (χ2n) is 6.50. The van der Waals surface area contributed by atoms with Crippen LogP contribution in [0.3, 0.4) is 0 Å². The smallest absolute Gasteiger partial charge is 0.344 e. The molecule has 0 amide bonds.